The summed E-state index contributed by atoms with van der Waals surface area (Å²) in [6.07, 6.45) is 1.34. The Bertz CT molecular complexity index is 1160. The molecule has 0 spiro atoms. The van der Waals surface area contributed by atoms with Crippen LogP contribution in [0, 0.1) is 6.92 Å². The molecular formula is C20H19ClN4O3S2. The number of carbonyl (C=O) groups excluding carboxylic acids is 1. The average Bonchev–Trinajstić information content (AvgIpc) is 3.40. The van der Waals surface area contributed by atoms with Gasteiger partial charge in [-0.05, 0) is 56.2 Å². The molecule has 4 rings (SSSR count). The molecule has 1 aromatic heterocycles. The van der Waals surface area contributed by atoms with Gasteiger partial charge in [0, 0.05) is 17.3 Å². The van der Waals surface area contributed by atoms with Crippen molar-refractivity contribution in [3.8, 4) is 0 Å². The van der Waals surface area contributed by atoms with E-state index < -0.39 is 16.1 Å². The first-order valence-corrected chi connectivity index (χ1v) is 12.0. The molecule has 30 heavy (non-hydrogen) atoms. The Labute approximate surface area is 183 Å². The van der Waals surface area contributed by atoms with E-state index in [0.29, 0.717) is 35.1 Å². The first-order valence-electron chi connectivity index (χ1n) is 9.33. The van der Waals surface area contributed by atoms with Gasteiger partial charge in [0.25, 0.3) is 5.91 Å². The summed E-state index contributed by atoms with van der Waals surface area (Å²) in [5, 5.41) is 12.1. The van der Waals surface area contributed by atoms with E-state index in [4.69, 9.17) is 11.6 Å². The van der Waals surface area contributed by atoms with Crippen molar-refractivity contribution < 1.29 is 13.2 Å². The smallest absolute Gasteiger partial charge is 0.286 e. The van der Waals surface area contributed by atoms with Crippen LogP contribution in [0.5, 0.6) is 0 Å². The van der Waals surface area contributed by atoms with Gasteiger partial charge in [-0.3, -0.25) is 4.79 Å². The fourth-order valence-electron chi connectivity index (χ4n) is 3.30. The van der Waals surface area contributed by atoms with Gasteiger partial charge in [-0.2, -0.15) is 4.31 Å². The molecule has 2 heterocycles. The molecule has 3 aromatic rings. The summed E-state index contributed by atoms with van der Waals surface area (Å²) in [6, 6.07) is 13.1. The second-order valence-electron chi connectivity index (χ2n) is 6.99. The number of rotatable bonds is 5. The maximum Gasteiger partial charge on any atom is 0.286 e. The van der Waals surface area contributed by atoms with E-state index >= 15 is 0 Å². The van der Waals surface area contributed by atoms with Gasteiger partial charge in [0.15, 0.2) is 0 Å². The highest BCUT2D eigenvalue weighted by atomic mass is 35.5. The van der Waals surface area contributed by atoms with Crippen LogP contribution in [-0.2, 0) is 10.0 Å². The summed E-state index contributed by atoms with van der Waals surface area (Å²) in [5.41, 5.74) is 1.75. The second-order valence-corrected chi connectivity index (χ2v) is 10.3. The van der Waals surface area contributed by atoms with Gasteiger partial charge in [0.2, 0.25) is 15.0 Å². The lowest BCUT2D eigenvalue weighted by Crippen LogP contribution is -2.30. The third-order valence-corrected chi connectivity index (χ3v) is 8.05. The van der Waals surface area contributed by atoms with Gasteiger partial charge in [-0.1, -0.05) is 40.6 Å². The number of nitrogens with zero attached hydrogens (tertiary/aromatic N) is 3. The minimum absolute atomic E-state index is 0.181. The van der Waals surface area contributed by atoms with Crippen LogP contribution in [0.2, 0.25) is 5.02 Å². The third-order valence-electron chi connectivity index (χ3n) is 4.85. The van der Waals surface area contributed by atoms with E-state index in [9.17, 15) is 13.2 Å². The van der Waals surface area contributed by atoms with Crippen molar-refractivity contribution in [3.63, 3.8) is 0 Å². The van der Waals surface area contributed by atoms with Gasteiger partial charge >= 0.3 is 0 Å². The maximum absolute atomic E-state index is 13.1. The Hall–Kier alpha value is -2.33. The summed E-state index contributed by atoms with van der Waals surface area (Å²) in [6.45, 7) is 2.36. The van der Waals surface area contributed by atoms with E-state index in [1.54, 1.807) is 12.1 Å². The van der Waals surface area contributed by atoms with Crippen LogP contribution >= 0.6 is 22.9 Å². The number of nitrogens with one attached hydrogen (secondary N) is 1. The Morgan fingerprint density at radius 3 is 2.53 bits per heavy atom. The SMILES string of the molecule is Cc1ccc(NC(=O)c2nnc([C@H]3CCCN3S(=O)(=O)c3ccc(Cl)cc3)s2)cc1. The molecule has 1 amide bonds. The van der Waals surface area contributed by atoms with E-state index in [1.165, 1.54) is 16.4 Å². The molecule has 1 N–H and O–H groups in total. The van der Waals surface area contributed by atoms with Crippen molar-refractivity contribution in [2.45, 2.75) is 30.7 Å². The Kier molecular flexibility index (Phi) is 5.88. The van der Waals surface area contributed by atoms with Crippen molar-refractivity contribution in [2.24, 2.45) is 0 Å². The van der Waals surface area contributed by atoms with Crippen LogP contribution in [0.3, 0.4) is 0 Å². The molecular weight excluding hydrogens is 444 g/mol. The lowest BCUT2D eigenvalue weighted by atomic mass is 10.2. The highest BCUT2D eigenvalue weighted by molar-refractivity contribution is 7.89. The zero-order valence-electron chi connectivity index (χ0n) is 16.1. The van der Waals surface area contributed by atoms with Crippen molar-refractivity contribution in [3.05, 3.63) is 69.1 Å². The predicted octanol–water partition coefficient (Wildman–Crippen LogP) is 4.28. The molecule has 0 aliphatic carbocycles. The molecule has 0 unspecified atom stereocenters. The lowest BCUT2D eigenvalue weighted by Gasteiger charge is -2.22. The van der Waals surface area contributed by atoms with E-state index in [2.05, 4.69) is 15.5 Å². The molecule has 1 atom stereocenters. The van der Waals surface area contributed by atoms with Crippen LogP contribution in [0.1, 0.15) is 39.3 Å². The van der Waals surface area contributed by atoms with E-state index in [1.807, 2.05) is 31.2 Å². The number of amides is 1. The van der Waals surface area contributed by atoms with Gasteiger partial charge in [-0.25, -0.2) is 8.42 Å². The molecule has 0 radical (unpaired) electrons. The first-order chi connectivity index (χ1) is 14.3. The Balaban J connectivity index is 1.54. The minimum Gasteiger partial charge on any atom is -0.320 e. The Morgan fingerprint density at radius 1 is 1.13 bits per heavy atom. The number of aromatic nitrogens is 2. The summed E-state index contributed by atoms with van der Waals surface area (Å²) in [5.74, 6) is -0.368. The number of hydrogen-bond acceptors (Lipinski definition) is 6. The first kappa shape index (κ1) is 20.9. The highest BCUT2D eigenvalue weighted by Crippen LogP contribution is 2.38. The largest absolute Gasteiger partial charge is 0.320 e. The van der Waals surface area contributed by atoms with E-state index in [0.717, 1.165) is 16.9 Å². The van der Waals surface area contributed by atoms with Crippen LogP contribution in [0.15, 0.2) is 53.4 Å². The van der Waals surface area contributed by atoms with Crippen molar-refractivity contribution >= 4 is 44.6 Å². The van der Waals surface area contributed by atoms with Crippen molar-refractivity contribution in [2.75, 3.05) is 11.9 Å². The van der Waals surface area contributed by atoms with Gasteiger partial charge in [0.1, 0.15) is 5.01 Å². The number of anilines is 1. The van der Waals surface area contributed by atoms with Crippen LogP contribution in [-0.4, -0.2) is 35.4 Å². The molecule has 1 aliphatic heterocycles. The number of benzene rings is 2. The lowest BCUT2D eigenvalue weighted by molar-refractivity contribution is 0.102. The summed E-state index contributed by atoms with van der Waals surface area (Å²) in [7, 11) is -3.70. The molecule has 0 bridgehead atoms. The number of carbonyl (C=O) groups is 1. The fourth-order valence-corrected chi connectivity index (χ4v) is 6.04. The third kappa shape index (κ3) is 4.24. The maximum atomic E-state index is 13.1. The number of halogens is 1. The highest BCUT2D eigenvalue weighted by Gasteiger charge is 2.38. The molecule has 1 aliphatic rings. The number of hydrogen-bond donors (Lipinski definition) is 1. The summed E-state index contributed by atoms with van der Waals surface area (Å²) in [4.78, 5) is 12.7. The van der Waals surface area contributed by atoms with Crippen LogP contribution < -0.4 is 5.32 Å². The standard InChI is InChI=1S/C20H19ClN4O3S2/c1-13-4-8-15(9-5-13)22-18(26)20-24-23-19(29-20)17-3-2-12-25(17)30(27,28)16-10-6-14(21)7-11-16/h4-11,17H,2-3,12H2,1H3,(H,22,26)/t17-/m1/s1. The fraction of sp³-hybridized carbons (Fsp3) is 0.250. The van der Waals surface area contributed by atoms with Crippen molar-refractivity contribution in [1.29, 1.82) is 0 Å². The zero-order chi connectivity index (χ0) is 21.3. The minimum atomic E-state index is -3.70. The molecule has 156 valence electrons. The molecule has 1 saturated heterocycles. The van der Waals surface area contributed by atoms with Crippen LogP contribution in [0.25, 0.3) is 0 Å². The normalized spacial score (nSPS) is 17.2. The molecule has 0 saturated carbocycles. The number of aryl methyl sites for hydroxylation is 1. The summed E-state index contributed by atoms with van der Waals surface area (Å²) < 4.78 is 27.6. The van der Waals surface area contributed by atoms with Gasteiger partial charge in [0.05, 0.1) is 10.9 Å². The molecule has 7 nitrogen and oxygen atoms in total. The molecule has 10 heteroatoms. The topological polar surface area (TPSA) is 92.3 Å². The van der Waals surface area contributed by atoms with Gasteiger partial charge in [-0.15, -0.1) is 10.2 Å². The monoisotopic (exact) mass is 462 g/mol. The molecule has 1 fully saturated rings. The zero-order valence-corrected chi connectivity index (χ0v) is 18.5. The number of sulfonamides is 1. The van der Waals surface area contributed by atoms with Gasteiger partial charge < -0.3 is 5.32 Å². The average molecular weight is 463 g/mol. The van der Waals surface area contributed by atoms with Crippen LogP contribution in [0.4, 0.5) is 5.69 Å². The van der Waals surface area contributed by atoms with E-state index in [-0.39, 0.29) is 15.8 Å². The second kappa shape index (κ2) is 8.43. The quantitative estimate of drug-likeness (QED) is 0.611. The van der Waals surface area contributed by atoms with Crippen molar-refractivity contribution in [1.82, 2.24) is 14.5 Å². The molecule has 2 aromatic carbocycles. The Morgan fingerprint density at radius 2 is 1.83 bits per heavy atom. The summed E-state index contributed by atoms with van der Waals surface area (Å²) >= 11 is 7.00. The predicted molar refractivity (Wildman–Crippen MR) is 116 cm³/mol.